The highest BCUT2D eigenvalue weighted by molar-refractivity contribution is 6.03. The summed E-state index contributed by atoms with van der Waals surface area (Å²) >= 11 is 0. The van der Waals surface area contributed by atoms with Crippen LogP contribution in [-0.4, -0.2) is 30.6 Å². The van der Waals surface area contributed by atoms with E-state index in [-0.39, 0.29) is 6.79 Å². The van der Waals surface area contributed by atoms with Crippen molar-refractivity contribution in [2.45, 2.75) is 26.2 Å². The van der Waals surface area contributed by atoms with E-state index in [4.69, 9.17) is 15.2 Å². The second-order valence-corrected chi connectivity index (χ2v) is 4.99. The Hall–Kier alpha value is -1.91. The fraction of sp³-hybridized carbons (Fsp3) is 0.500. The zero-order chi connectivity index (χ0) is 13.2. The molecule has 0 aliphatic carbocycles. The molecular weight excluding hydrogens is 242 g/mol. The van der Waals surface area contributed by atoms with Gasteiger partial charge in [-0.15, -0.1) is 0 Å². The molecule has 1 aromatic carbocycles. The monoisotopic (exact) mass is 261 g/mol. The number of ether oxygens (including phenoxy) is 2. The summed E-state index contributed by atoms with van der Waals surface area (Å²) < 4.78 is 10.7. The van der Waals surface area contributed by atoms with Crippen molar-refractivity contribution in [2.24, 2.45) is 5.10 Å². The Labute approximate surface area is 113 Å². The summed E-state index contributed by atoms with van der Waals surface area (Å²) in [6.07, 6.45) is 3.73. The summed E-state index contributed by atoms with van der Waals surface area (Å²) in [5.74, 6) is 1.46. The highest BCUT2D eigenvalue weighted by atomic mass is 16.7. The normalized spacial score (nSPS) is 18.8. The molecule has 0 amide bonds. The summed E-state index contributed by atoms with van der Waals surface area (Å²) in [7, 11) is 0. The van der Waals surface area contributed by atoms with E-state index in [2.05, 4.69) is 10.1 Å². The van der Waals surface area contributed by atoms with Gasteiger partial charge in [-0.3, -0.25) is 5.01 Å². The third-order valence-electron chi connectivity index (χ3n) is 3.56. The van der Waals surface area contributed by atoms with Gasteiger partial charge in [0.15, 0.2) is 11.5 Å². The summed E-state index contributed by atoms with van der Waals surface area (Å²) in [4.78, 5) is 0. The van der Waals surface area contributed by atoms with Crippen LogP contribution in [0.3, 0.4) is 0 Å². The van der Waals surface area contributed by atoms with E-state index in [1.54, 1.807) is 0 Å². The van der Waals surface area contributed by atoms with Gasteiger partial charge in [-0.05, 0) is 32.3 Å². The van der Waals surface area contributed by atoms with Crippen molar-refractivity contribution in [3.8, 4) is 11.5 Å². The SMILES string of the molecule is C/C(=N\N1CCCCC1)c1cc2c(cc1N)OCO2. The van der Waals surface area contributed by atoms with Crippen LogP contribution in [0.2, 0.25) is 0 Å². The van der Waals surface area contributed by atoms with Gasteiger partial charge in [-0.2, -0.15) is 5.10 Å². The average Bonchev–Trinajstić information content (AvgIpc) is 2.86. The maximum Gasteiger partial charge on any atom is 0.231 e. The molecule has 5 nitrogen and oxygen atoms in total. The lowest BCUT2D eigenvalue weighted by molar-refractivity contribution is 0.174. The maximum atomic E-state index is 6.06. The largest absolute Gasteiger partial charge is 0.454 e. The number of rotatable bonds is 2. The number of hydrogen-bond donors (Lipinski definition) is 1. The van der Waals surface area contributed by atoms with Crippen molar-refractivity contribution in [3.63, 3.8) is 0 Å². The van der Waals surface area contributed by atoms with E-state index in [9.17, 15) is 0 Å². The molecule has 2 N–H and O–H groups in total. The summed E-state index contributed by atoms with van der Waals surface area (Å²) in [6.45, 7) is 4.31. The first-order valence-corrected chi connectivity index (χ1v) is 6.74. The fourth-order valence-electron chi connectivity index (χ4n) is 2.51. The summed E-state index contributed by atoms with van der Waals surface area (Å²) in [6, 6.07) is 3.73. The van der Waals surface area contributed by atoms with E-state index < -0.39 is 0 Å². The molecule has 5 heteroatoms. The van der Waals surface area contributed by atoms with Gasteiger partial charge in [-0.1, -0.05) is 0 Å². The van der Waals surface area contributed by atoms with Crippen molar-refractivity contribution in [1.82, 2.24) is 5.01 Å². The molecule has 1 fully saturated rings. The lowest BCUT2D eigenvalue weighted by atomic mass is 10.1. The second-order valence-electron chi connectivity index (χ2n) is 4.99. The molecule has 0 bridgehead atoms. The molecule has 2 heterocycles. The second kappa shape index (κ2) is 4.99. The fourth-order valence-corrected chi connectivity index (χ4v) is 2.51. The molecule has 0 unspecified atom stereocenters. The molecule has 19 heavy (non-hydrogen) atoms. The Balaban J connectivity index is 1.86. The molecule has 102 valence electrons. The topological polar surface area (TPSA) is 60.1 Å². The number of nitrogens with zero attached hydrogens (tertiary/aromatic N) is 2. The van der Waals surface area contributed by atoms with Crippen molar-refractivity contribution in [3.05, 3.63) is 17.7 Å². The molecule has 0 aromatic heterocycles. The van der Waals surface area contributed by atoms with Crippen molar-refractivity contribution >= 4 is 11.4 Å². The van der Waals surface area contributed by atoms with E-state index in [0.717, 1.165) is 30.1 Å². The summed E-state index contributed by atoms with van der Waals surface area (Å²) in [5.41, 5.74) is 8.60. The van der Waals surface area contributed by atoms with Gasteiger partial charge in [0.05, 0.1) is 5.71 Å². The van der Waals surface area contributed by atoms with Crippen LogP contribution in [0.1, 0.15) is 31.7 Å². The van der Waals surface area contributed by atoms with Gasteiger partial charge in [0.25, 0.3) is 0 Å². The highest BCUT2D eigenvalue weighted by Crippen LogP contribution is 2.36. The first-order chi connectivity index (χ1) is 9.24. The van der Waals surface area contributed by atoms with Gasteiger partial charge in [0.1, 0.15) is 0 Å². The minimum Gasteiger partial charge on any atom is -0.454 e. The lowest BCUT2D eigenvalue weighted by Gasteiger charge is -2.24. The molecule has 0 atom stereocenters. The van der Waals surface area contributed by atoms with Crippen molar-refractivity contribution < 1.29 is 9.47 Å². The van der Waals surface area contributed by atoms with E-state index in [0.29, 0.717) is 11.4 Å². The van der Waals surface area contributed by atoms with Crippen LogP contribution in [0.4, 0.5) is 5.69 Å². The smallest absolute Gasteiger partial charge is 0.231 e. The Bertz CT molecular complexity index is 508. The number of hydrogen-bond acceptors (Lipinski definition) is 5. The summed E-state index contributed by atoms with van der Waals surface area (Å²) in [5, 5.41) is 6.79. The van der Waals surface area contributed by atoms with Crippen LogP contribution in [0.25, 0.3) is 0 Å². The zero-order valence-electron chi connectivity index (χ0n) is 11.2. The molecule has 2 aliphatic rings. The van der Waals surface area contributed by atoms with Gasteiger partial charge in [0, 0.05) is 30.4 Å². The zero-order valence-corrected chi connectivity index (χ0v) is 11.2. The number of piperidine rings is 1. The van der Waals surface area contributed by atoms with Gasteiger partial charge in [0.2, 0.25) is 6.79 Å². The molecule has 1 saturated heterocycles. The van der Waals surface area contributed by atoms with E-state index >= 15 is 0 Å². The number of nitrogen functional groups attached to an aromatic ring is 1. The first-order valence-electron chi connectivity index (χ1n) is 6.74. The molecule has 0 saturated carbocycles. The quantitative estimate of drug-likeness (QED) is 0.655. The lowest BCUT2D eigenvalue weighted by Crippen LogP contribution is -2.25. The maximum absolute atomic E-state index is 6.06. The van der Waals surface area contributed by atoms with Gasteiger partial charge >= 0.3 is 0 Å². The van der Waals surface area contributed by atoms with Crippen molar-refractivity contribution in [1.29, 1.82) is 0 Å². The van der Waals surface area contributed by atoms with Gasteiger partial charge in [-0.25, -0.2) is 0 Å². The third-order valence-corrected chi connectivity index (χ3v) is 3.56. The Morgan fingerprint density at radius 3 is 2.58 bits per heavy atom. The number of anilines is 1. The minimum absolute atomic E-state index is 0.264. The Morgan fingerprint density at radius 2 is 1.84 bits per heavy atom. The molecule has 0 spiro atoms. The highest BCUT2D eigenvalue weighted by Gasteiger charge is 2.18. The van der Waals surface area contributed by atoms with E-state index in [1.807, 2.05) is 19.1 Å². The van der Waals surface area contributed by atoms with Crippen LogP contribution in [0.15, 0.2) is 17.2 Å². The number of hydrazone groups is 1. The van der Waals surface area contributed by atoms with Crippen molar-refractivity contribution in [2.75, 3.05) is 25.6 Å². The molecule has 0 radical (unpaired) electrons. The number of nitrogens with two attached hydrogens (primary N) is 1. The average molecular weight is 261 g/mol. The Morgan fingerprint density at radius 1 is 1.16 bits per heavy atom. The first kappa shape index (κ1) is 12.1. The standard InChI is InChI=1S/C14H19N3O2/c1-10(16-17-5-3-2-4-6-17)11-7-13-14(8-12(11)15)19-9-18-13/h7-8H,2-6,9,15H2,1H3/b16-10+. The van der Waals surface area contributed by atoms with Crippen LogP contribution >= 0.6 is 0 Å². The van der Waals surface area contributed by atoms with Gasteiger partial charge < -0.3 is 15.2 Å². The Kier molecular flexibility index (Phi) is 3.19. The molecular formula is C14H19N3O2. The number of benzene rings is 1. The predicted octanol–water partition coefficient (Wildman–Crippen LogP) is 2.21. The molecule has 1 aromatic rings. The predicted molar refractivity (Wildman–Crippen MR) is 74.6 cm³/mol. The van der Waals surface area contributed by atoms with Crippen LogP contribution < -0.4 is 15.2 Å². The van der Waals surface area contributed by atoms with Crippen LogP contribution in [-0.2, 0) is 0 Å². The molecule has 3 rings (SSSR count). The van der Waals surface area contributed by atoms with Crippen LogP contribution in [0.5, 0.6) is 11.5 Å². The van der Waals surface area contributed by atoms with E-state index in [1.165, 1.54) is 19.3 Å². The van der Waals surface area contributed by atoms with Crippen LogP contribution in [0, 0.1) is 0 Å². The number of fused-ring (bicyclic) bond motifs is 1. The third kappa shape index (κ3) is 2.45. The molecule has 2 aliphatic heterocycles. The minimum atomic E-state index is 0.264.